The van der Waals surface area contributed by atoms with Gasteiger partial charge in [0, 0.05) is 17.8 Å². The number of amides is 1. The van der Waals surface area contributed by atoms with Crippen LogP contribution < -0.4 is 10.2 Å². The lowest BCUT2D eigenvalue weighted by atomic mass is 10.1. The van der Waals surface area contributed by atoms with Crippen molar-refractivity contribution in [3.63, 3.8) is 0 Å². The van der Waals surface area contributed by atoms with E-state index in [4.69, 9.17) is 0 Å². The lowest BCUT2D eigenvalue weighted by molar-refractivity contribution is -0.118. The molecular formula is C19H22N2O. The van der Waals surface area contributed by atoms with Crippen LogP contribution in [-0.2, 0) is 11.2 Å². The van der Waals surface area contributed by atoms with Gasteiger partial charge in [-0.05, 0) is 37.5 Å². The summed E-state index contributed by atoms with van der Waals surface area (Å²) in [6.45, 7) is 4.55. The Morgan fingerprint density at radius 2 is 1.86 bits per heavy atom. The highest BCUT2D eigenvalue weighted by atomic mass is 16.2. The van der Waals surface area contributed by atoms with Crippen LogP contribution in [0.1, 0.15) is 31.0 Å². The molecule has 0 unspecified atom stereocenters. The first-order valence-corrected chi connectivity index (χ1v) is 7.85. The second-order valence-corrected chi connectivity index (χ2v) is 5.96. The Balaban J connectivity index is 1.65. The Morgan fingerprint density at radius 1 is 1.18 bits per heavy atom. The summed E-state index contributed by atoms with van der Waals surface area (Å²) in [5.41, 5.74) is 3.53. The maximum atomic E-state index is 12.6. The van der Waals surface area contributed by atoms with Gasteiger partial charge in [0.15, 0.2) is 0 Å². The van der Waals surface area contributed by atoms with Gasteiger partial charge in [0.1, 0.15) is 0 Å². The summed E-state index contributed by atoms with van der Waals surface area (Å²) in [6.07, 6.45) is 0.941. The highest BCUT2D eigenvalue weighted by molar-refractivity contribution is 5.97. The molecular weight excluding hydrogens is 272 g/mol. The third kappa shape index (κ3) is 2.90. The Bertz CT molecular complexity index is 653. The van der Waals surface area contributed by atoms with E-state index >= 15 is 0 Å². The summed E-state index contributed by atoms with van der Waals surface area (Å²) >= 11 is 0. The third-order valence-electron chi connectivity index (χ3n) is 4.33. The van der Waals surface area contributed by atoms with E-state index in [1.807, 2.05) is 41.3 Å². The molecule has 1 aliphatic heterocycles. The Kier molecular flexibility index (Phi) is 4.25. The van der Waals surface area contributed by atoms with Crippen molar-refractivity contribution in [2.75, 3.05) is 11.4 Å². The van der Waals surface area contributed by atoms with Crippen molar-refractivity contribution < 1.29 is 4.79 Å². The molecule has 0 aromatic heterocycles. The predicted molar refractivity (Wildman–Crippen MR) is 90.0 cm³/mol. The van der Waals surface area contributed by atoms with Crippen molar-refractivity contribution >= 4 is 11.6 Å². The van der Waals surface area contributed by atoms with Gasteiger partial charge in [-0.25, -0.2) is 0 Å². The zero-order valence-electron chi connectivity index (χ0n) is 13.1. The number of nitrogens with one attached hydrogen (secondary N) is 1. The topological polar surface area (TPSA) is 32.3 Å². The van der Waals surface area contributed by atoms with Gasteiger partial charge < -0.3 is 10.2 Å². The molecule has 3 rings (SSSR count). The van der Waals surface area contributed by atoms with Crippen LogP contribution in [0.3, 0.4) is 0 Å². The molecule has 22 heavy (non-hydrogen) atoms. The summed E-state index contributed by atoms with van der Waals surface area (Å²) in [5, 5.41) is 3.34. The molecule has 1 heterocycles. The summed E-state index contributed by atoms with van der Waals surface area (Å²) in [5.74, 6) is 0.139. The van der Waals surface area contributed by atoms with Gasteiger partial charge in [-0.1, -0.05) is 48.5 Å². The largest absolute Gasteiger partial charge is 0.308 e. The molecule has 0 saturated heterocycles. The Labute approximate surface area is 132 Å². The average molecular weight is 294 g/mol. The quantitative estimate of drug-likeness (QED) is 0.938. The van der Waals surface area contributed by atoms with Crippen LogP contribution in [0.4, 0.5) is 5.69 Å². The molecule has 0 aliphatic carbocycles. The van der Waals surface area contributed by atoms with E-state index in [0.29, 0.717) is 6.54 Å². The van der Waals surface area contributed by atoms with Gasteiger partial charge in [0.25, 0.3) is 0 Å². The number of para-hydroxylation sites is 1. The van der Waals surface area contributed by atoms with E-state index in [1.54, 1.807) is 0 Å². The van der Waals surface area contributed by atoms with Gasteiger partial charge in [-0.15, -0.1) is 0 Å². The molecule has 3 heteroatoms. The van der Waals surface area contributed by atoms with E-state index in [9.17, 15) is 4.79 Å². The summed E-state index contributed by atoms with van der Waals surface area (Å²) in [6, 6.07) is 18.8. The van der Waals surface area contributed by atoms with Gasteiger partial charge in [0.2, 0.25) is 5.91 Å². The monoisotopic (exact) mass is 294 g/mol. The second-order valence-electron chi connectivity index (χ2n) is 5.96. The molecule has 2 aromatic carbocycles. The first kappa shape index (κ1) is 14.8. The van der Waals surface area contributed by atoms with Crippen LogP contribution >= 0.6 is 0 Å². The van der Waals surface area contributed by atoms with Crippen molar-refractivity contribution in [2.24, 2.45) is 0 Å². The van der Waals surface area contributed by atoms with Gasteiger partial charge in [0.05, 0.1) is 6.54 Å². The number of carbonyl (C=O) groups excluding carboxylic acids is 1. The number of nitrogens with zero attached hydrogens (tertiary/aromatic N) is 1. The molecule has 1 amide bonds. The number of carbonyl (C=O) groups is 1. The van der Waals surface area contributed by atoms with E-state index in [2.05, 4.69) is 37.4 Å². The van der Waals surface area contributed by atoms with E-state index in [1.165, 1.54) is 11.1 Å². The number of anilines is 1. The molecule has 0 radical (unpaired) electrons. The molecule has 1 aliphatic rings. The highest BCUT2D eigenvalue weighted by Crippen LogP contribution is 2.31. The van der Waals surface area contributed by atoms with Crippen LogP contribution in [0.5, 0.6) is 0 Å². The predicted octanol–water partition coefficient (Wildman–Crippen LogP) is 3.32. The van der Waals surface area contributed by atoms with Crippen molar-refractivity contribution in [2.45, 2.75) is 32.4 Å². The molecule has 1 N–H and O–H groups in total. The maximum Gasteiger partial charge on any atom is 0.241 e. The number of rotatable bonds is 4. The molecule has 114 valence electrons. The molecule has 0 saturated carbocycles. The van der Waals surface area contributed by atoms with Crippen LogP contribution in [0, 0.1) is 0 Å². The lowest BCUT2D eigenvalue weighted by Gasteiger charge is -2.24. The minimum absolute atomic E-state index is 0.139. The molecule has 0 fully saturated rings. The summed E-state index contributed by atoms with van der Waals surface area (Å²) in [4.78, 5) is 14.5. The SMILES string of the molecule is C[C@@H]1Cc2ccccc2N1C(=O)CN[C@H](C)c1ccccc1. The van der Waals surface area contributed by atoms with Gasteiger partial charge >= 0.3 is 0 Å². The van der Waals surface area contributed by atoms with Crippen LogP contribution in [-0.4, -0.2) is 18.5 Å². The average Bonchev–Trinajstić information content (AvgIpc) is 2.89. The molecule has 0 spiro atoms. The fraction of sp³-hybridized carbons (Fsp3) is 0.316. The second kappa shape index (κ2) is 6.32. The van der Waals surface area contributed by atoms with Crippen molar-refractivity contribution in [3.05, 3.63) is 65.7 Å². The van der Waals surface area contributed by atoms with Gasteiger partial charge in [-0.3, -0.25) is 4.79 Å². The highest BCUT2D eigenvalue weighted by Gasteiger charge is 2.30. The minimum Gasteiger partial charge on any atom is -0.308 e. The Hall–Kier alpha value is -2.13. The number of hydrogen-bond donors (Lipinski definition) is 1. The van der Waals surface area contributed by atoms with E-state index < -0.39 is 0 Å². The Morgan fingerprint density at radius 3 is 2.64 bits per heavy atom. The summed E-state index contributed by atoms with van der Waals surface area (Å²) in [7, 11) is 0. The van der Waals surface area contributed by atoms with E-state index in [-0.39, 0.29) is 18.0 Å². The number of fused-ring (bicyclic) bond motifs is 1. The molecule has 0 bridgehead atoms. The number of hydrogen-bond acceptors (Lipinski definition) is 2. The fourth-order valence-corrected chi connectivity index (χ4v) is 3.13. The normalized spacial score (nSPS) is 18.1. The fourth-order valence-electron chi connectivity index (χ4n) is 3.13. The van der Waals surface area contributed by atoms with Crippen LogP contribution in [0.25, 0.3) is 0 Å². The molecule has 2 atom stereocenters. The minimum atomic E-state index is 0.139. The van der Waals surface area contributed by atoms with Crippen molar-refractivity contribution in [1.29, 1.82) is 0 Å². The zero-order chi connectivity index (χ0) is 15.5. The first-order chi connectivity index (χ1) is 10.7. The standard InChI is InChI=1S/C19H22N2O/c1-14-12-17-10-6-7-11-18(17)21(14)19(22)13-20-15(2)16-8-4-3-5-9-16/h3-11,14-15,20H,12-13H2,1-2H3/t14-,15-/m1/s1. The van der Waals surface area contributed by atoms with Crippen molar-refractivity contribution in [1.82, 2.24) is 5.32 Å². The third-order valence-corrected chi connectivity index (χ3v) is 4.33. The molecule has 3 nitrogen and oxygen atoms in total. The zero-order valence-corrected chi connectivity index (χ0v) is 13.1. The summed E-state index contributed by atoms with van der Waals surface area (Å²) < 4.78 is 0. The van der Waals surface area contributed by atoms with Gasteiger partial charge in [-0.2, -0.15) is 0 Å². The smallest absolute Gasteiger partial charge is 0.241 e. The van der Waals surface area contributed by atoms with E-state index in [0.717, 1.165) is 12.1 Å². The van der Waals surface area contributed by atoms with Crippen LogP contribution in [0.15, 0.2) is 54.6 Å². The van der Waals surface area contributed by atoms with Crippen molar-refractivity contribution in [3.8, 4) is 0 Å². The first-order valence-electron chi connectivity index (χ1n) is 7.85. The van der Waals surface area contributed by atoms with Crippen LogP contribution in [0.2, 0.25) is 0 Å². The molecule has 2 aromatic rings. The number of benzene rings is 2. The maximum absolute atomic E-state index is 12.6. The lowest BCUT2D eigenvalue weighted by Crippen LogP contribution is -2.42.